The maximum Gasteiger partial charge on any atom is 0.139 e. The van der Waals surface area contributed by atoms with Crippen molar-refractivity contribution in [3.63, 3.8) is 0 Å². The van der Waals surface area contributed by atoms with Crippen molar-refractivity contribution < 1.29 is 10.0 Å². The molecule has 1 unspecified atom stereocenters. The van der Waals surface area contributed by atoms with Crippen LogP contribution in [0.2, 0.25) is 0 Å². The highest BCUT2D eigenvalue weighted by Gasteiger charge is 2.42. The molecule has 0 aliphatic carbocycles. The second-order valence-electron chi connectivity index (χ2n) is 4.45. The monoisotopic (exact) mass is 194 g/mol. The summed E-state index contributed by atoms with van der Waals surface area (Å²) in [6.45, 7) is 8.74. The van der Waals surface area contributed by atoms with Crippen LogP contribution in [0.5, 0.6) is 0 Å². The number of nitrogens with one attached hydrogen (secondary N) is 1. The Balaban J connectivity index is 2.82. The molecule has 1 aliphatic rings. The molecule has 1 saturated heterocycles. The maximum absolute atomic E-state index is 10.3. The number of allylic oxidation sites excluding steroid dienone is 1. The Morgan fingerprint density at radius 2 is 2.21 bits per heavy atom. The maximum atomic E-state index is 10.3. The molecule has 2 N–H and O–H groups in total. The lowest BCUT2D eigenvalue weighted by Crippen LogP contribution is -3.15. The Hall–Kier alpha value is -0.780. The van der Waals surface area contributed by atoms with Crippen molar-refractivity contribution >= 4 is 0 Å². The normalized spacial score (nSPS) is 42.4. The van der Waals surface area contributed by atoms with Gasteiger partial charge in [-0.2, -0.15) is 0 Å². The molecule has 0 aromatic rings. The van der Waals surface area contributed by atoms with Crippen LogP contribution in [0.25, 0.3) is 0 Å². The quantitative estimate of drug-likeness (QED) is 0.515. The lowest BCUT2D eigenvalue weighted by molar-refractivity contribution is -0.915. The van der Waals surface area contributed by atoms with E-state index in [1.54, 1.807) is 6.08 Å². The molecule has 1 aliphatic heterocycles. The Labute approximate surface area is 86.6 Å². The van der Waals surface area contributed by atoms with Gasteiger partial charge in [0.25, 0.3) is 0 Å². The van der Waals surface area contributed by atoms with E-state index in [1.807, 2.05) is 0 Å². The number of quaternary nitrogens is 1. The van der Waals surface area contributed by atoms with Crippen LogP contribution in [-0.2, 0) is 0 Å². The van der Waals surface area contributed by atoms with E-state index < -0.39 is 5.60 Å². The molecule has 2 heteroatoms. The predicted octanol–water partition coefficient (Wildman–Crippen LogP) is -0.150. The number of likely N-dealkylation sites (tertiary alicyclic amines) is 1. The van der Waals surface area contributed by atoms with Gasteiger partial charge in [-0.25, -0.2) is 0 Å². The minimum absolute atomic E-state index is 0.228. The van der Waals surface area contributed by atoms with Gasteiger partial charge in [0.1, 0.15) is 5.60 Å². The SMILES string of the molecule is C=CC#C[C@@]1(O)C[C@@H](C)[NH+](C)C[C@H]1C. The van der Waals surface area contributed by atoms with Gasteiger partial charge in [-0.15, -0.1) is 0 Å². The second-order valence-corrected chi connectivity index (χ2v) is 4.45. The van der Waals surface area contributed by atoms with Crippen molar-refractivity contribution in [1.29, 1.82) is 0 Å². The number of rotatable bonds is 0. The van der Waals surface area contributed by atoms with E-state index in [9.17, 15) is 5.11 Å². The molecule has 1 fully saturated rings. The van der Waals surface area contributed by atoms with E-state index in [2.05, 4.69) is 39.3 Å². The molecule has 14 heavy (non-hydrogen) atoms. The van der Waals surface area contributed by atoms with Crippen LogP contribution < -0.4 is 4.90 Å². The topological polar surface area (TPSA) is 24.7 Å². The average molecular weight is 194 g/mol. The van der Waals surface area contributed by atoms with Gasteiger partial charge in [-0.3, -0.25) is 0 Å². The summed E-state index contributed by atoms with van der Waals surface area (Å²) >= 11 is 0. The number of hydrogen-bond donors (Lipinski definition) is 2. The van der Waals surface area contributed by atoms with Gasteiger partial charge >= 0.3 is 0 Å². The molecular formula is C12H20NO+. The van der Waals surface area contributed by atoms with E-state index >= 15 is 0 Å². The van der Waals surface area contributed by atoms with Crippen molar-refractivity contribution in [2.75, 3.05) is 13.6 Å². The molecule has 0 saturated carbocycles. The van der Waals surface area contributed by atoms with Gasteiger partial charge in [0.15, 0.2) is 0 Å². The third kappa shape index (κ3) is 2.17. The lowest BCUT2D eigenvalue weighted by atomic mass is 9.79. The average Bonchev–Trinajstić information content (AvgIpc) is 2.12. The zero-order chi connectivity index (χ0) is 10.8. The first-order chi connectivity index (χ1) is 6.49. The smallest absolute Gasteiger partial charge is 0.139 e. The molecule has 0 radical (unpaired) electrons. The fourth-order valence-electron chi connectivity index (χ4n) is 2.05. The number of aliphatic hydroxyl groups is 1. The zero-order valence-corrected chi connectivity index (χ0v) is 9.30. The largest absolute Gasteiger partial charge is 0.377 e. The first-order valence-electron chi connectivity index (χ1n) is 5.18. The van der Waals surface area contributed by atoms with Crippen LogP contribution in [0.1, 0.15) is 20.3 Å². The Kier molecular flexibility index (Phi) is 3.36. The first kappa shape index (κ1) is 11.3. The molecule has 0 aromatic carbocycles. The molecular weight excluding hydrogens is 174 g/mol. The zero-order valence-electron chi connectivity index (χ0n) is 9.30. The molecule has 78 valence electrons. The molecule has 0 amide bonds. The van der Waals surface area contributed by atoms with Gasteiger partial charge in [-0.05, 0) is 13.0 Å². The fraction of sp³-hybridized carbons (Fsp3) is 0.667. The number of hydrogen-bond acceptors (Lipinski definition) is 1. The Bertz CT molecular complexity index is 276. The van der Waals surface area contributed by atoms with Crippen LogP contribution in [0.4, 0.5) is 0 Å². The Morgan fingerprint density at radius 1 is 1.57 bits per heavy atom. The number of piperidine rings is 1. The van der Waals surface area contributed by atoms with Crippen molar-refractivity contribution in [2.24, 2.45) is 5.92 Å². The van der Waals surface area contributed by atoms with Crippen molar-refractivity contribution in [1.82, 2.24) is 0 Å². The van der Waals surface area contributed by atoms with Gasteiger partial charge in [0.05, 0.1) is 19.6 Å². The van der Waals surface area contributed by atoms with Crippen LogP contribution in [0, 0.1) is 17.8 Å². The minimum Gasteiger partial charge on any atom is -0.377 e. The first-order valence-corrected chi connectivity index (χ1v) is 5.18. The summed E-state index contributed by atoms with van der Waals surface area (Å²) in [6.07, 6.45) is 2.29. The summed E-state index contributed by atoms with van der Waals surface area (Å²) in [7, 11) is 2.17. The van der Waals surface area contributed by atoms with Crippen LogP contribution in [0.3, 0.4) is 0 Å². The van der Waals surface area contributed by atoms with Gasteiger partial charge in [0.2, 0.25) is 0 Å². The molecule has 0 bridgehead atoms. The van der Waals surface area contributed by atoms with Crippen LogP contribution in [0.15, 0.2) is 12.7 Å². The molecule has 0 aromatic heterocycles. The van der Waals surface area contributed by atoms with E-state index in [0.29, 0.717) is 6.04 Å². The van der Waals surface area contributed by atoms with E-state index in [4.69, 9.17) is 0 Å². The summed E-state index contributed by atoms with van der Waals surface area (Å²) < 4.78 is 0. The molecule has 1 rings (SSSR count). The standard InChI is InChI=1S/C12H19NO/c1-5-6-7-12(14)8-11(3)13(4)9-10(12)2/h5,10-11,14H,1,8-9H2,2-4H3/p+1/t10-,11-,12-/m1/s1. The summed E-state index contributed by atoms with van der Waals surface area (Å²) in [4.78, 5) is 1.47. The Morgan fingerprint density at radius 3 is 2.79 bits per heavy atom. The van der Waals surface area contributed by atoms with Crippen molar-refractivity contribution in [3.8, 4) is 11.8 Å². The lowest BCUT2D eigenvalue weighted by Gasteiger charge is -2.40. The predicted molar refractivity (Wildman–Crippen MR) is 57.9 cm³/mol. The van der Waals surface area contributed by atoms with Gasteiger partial charge < -0.3 is 10.0 Å². The van der Waals surface area contributed by atoms with E-state index in [-0.39, 0.29) is 5.92 Å². The molecule has 2 nitrogen and oxygen atoms in total. The highest BCUT2D eigenvalue weighted by Crippen LogP contribution is 2.23. The highest BCUT2D eigenvalue weighted by atomic mass is 16.3. The van der Waals surface area contributed by atoms with Crippen molar-refractivity contribution in [2.45, 2.75) is 31.9 Å². The van der Waals surface area contributed by atoms with Gasteiger partial charge in [-0.1, -0.05) is 25.3 Å². The van der Waals surface area contributed by atoms with Gasteiger partial charge in [0, 0.05) is 12.3 Å². The fourth-order valence-corrected chi connectivity index (χ4v) is 2.05. The van der Waals surface area contributed by atoms with Crippen LogP contribution in [-0.4, -0.2) is 30.3 Å². The molecule has 4 atom stereocenters. The molecule has 0 spiro atoms. The third-order valence-corrected chi connectivity index (χ3v) is 3.29. The summed E-state index contributed by atoms with van der Waals surface area (Å²) in [5, 5.41) is 10.3. The van der Waals surface area contributed by atoms with Crippen molar-refractivity contribution in [3.05, 3.63) is 12.7 Å². The highest BCUT2D eigenvalue weighted by molar-refractivity contribution is 5.22. The minimum atomic E-state index is -0.812. The summed E-state index contributed by atoms with van der Waals surface area (Å²) in [5.41, 5.74) is -0.812. The summed E-state index contributed by atoms with van der Waals surface area (Å²) in [5.74, 6) is 5.93. The van der Waals surface area contributed by atoms with E-state index in [1.165, 1.54) is 4.90 Å². The third-order valence-electron chi connectivity index (χ3n) is 3.29. The molecule has 1 heterocycles. The summed E-state index contributed by atoms with van der Waals surface area (Å²) in [6, 6.07) is 0.468. The van der Waals surface area contributed by atoms with Crippen LogP contribution >= 0.6 is 0 Å². The second kappa shape index (κ2) is 4.16. The van der Waals surface area contributed by atoms with E-state index in [0.717, 1.165) is 13.0 Å².